The highest BCUT2D eigenvalue weighted by Crippen LogP contribution is 2.35. The lowest BCUT2D eigenvalue weighted by atomic mass is 10.1. The molecule has 1 saturated heterocycles. The van der Waals surface area contributed by atoms with E-state index in [1.54, 1.807) is 17.8 Å². The molecule has 0 bridgehead atoms. The van der Waals surface area contributed by atoms with Crippen molar-refractivity contribution in [1.82, 2.24) is 19.5 Å². The zero-order chi connectivity index (χ0) is 13.6. The fraction of sp³-hybridized carbons (Fsp3) is 0.545. The standard InChI is InChI=1S/C11H15N5O2S/c1-5(17)6-2-7(19)11(18-6)16-4-15-8-9(12)13-3-14-10(8)16/h3-7,11,17,19H,2H2,1H3,(H2,12,13,14)/t5?,6-,7+,11+/m0/s1. The van der Waals surface area contributed by atoms with Gasteiger partial charge in [-0.15, -0.1) is 0 Å². The maximum atomic E-state index is 9.61. The minimum absolute atomic E-state index is 0.0341. The molecule has 0 radical (unpaired) electrons. The number of ether oxygens (including phenoxy) is 1. The summed E-state index contributed by atoms with van der Waals surface area (Å²) in [5.74, 6) is 0.338. The number of thiol groups is 1. The van der Waals surface area contributed by atoms with E-state index in [1.807, 2.05) is 0 Å². The zero-order valence-corrected chi connectivity index (χ0v) is 11.2. The molecule has 2 aromatic rings. The summed E-state index contributed by atoms with van der Waals surface area (Å²) in [5.41, 5.74) is 6.91. The van der Waals surface area contributed by atoms with E-state index < -0.39 is 6.10 Å². The molecule has 3 rings (SSSR count). The fourth-order valence-corrected chi connectivity index (χ4v) is 2.72. The topological polar surface area (TPSA) is 99.1 Å². The van der Waals surface area contributed by atoms with Crippen LogP contribution in [0.15, 0.2) is 12.7 Å². The molecule has 4 atom stereocenters. The summed E-state index contributed by atoms with van der Waals surface area (Å²) in [6.07, 6.45) is 2.60. The molecule has 7 nitrogen and oxygen atoms in total. The van der Waals surface area contributed by atoms with Gasteiger partial charge in [-0.05, 0) is 13.3 Å². The zero-order valence-electron chi connectivity index (χ0n) is 10.3. The monoisotopic (exact) mass is 281 g/mol. The number of nitrogen functional groups attached to an aromatic ring is 1. The Labute approximate surface area is 115 Å². The van der Waals surface area contributed by atoms with Crippen molar-refractivity contribution < 1.29 is 9.84 Å². The van der Waals surface area contributed by atoms with E-state index in [1.165, 1.54) is 6.33 Å². The van der Waals surface area contributed by atoms with Crippen LogP contribution in [-0.2, 0) is 4.74 Å². The van der Waals surface area contributed by atoms with Crippen LogP contribution in [0.2, 0.25) is 0 Å². The lowest BCUT2D eigenvalue weighted by Crippen LogP contribution is -2.22. The van der Waals surface area contributed by atoms with Crippen LogP contribution < -0.4 is 5.73 Å². The first-order valence-electron chi connectivity index (χ1n) is 6.02. The fourth-order valence-electron chi connectivity index (χ4n) is 2.30. The van der Waals surface area contributed by atoms with Crippen molar-refractivity contribution in [3.8, 4) is 0 Å². The van der Waals surface area contributed by atoms with Crippen LogP contribution in [0.25, 0.3) is 11.2 Å². The van der Waals surface area contributed by atoms with E-state index in [4.69, 9.17) is 10.5 Å². The van der Waals surface area contributed by atoms with Gasteiger partial charge in [0, 0.05) is 5.25 Å². The van der Waals surface area contributed by atoms with E-state index in [9.17, 15) is 5.11 Å². The van der Waals surface area contributed by atoms with Crippen LogP contribution >= 0.6 is 12.6 Å². The second kappa shape index (κ2) is 4.62. The van der Waals surface area contributed by atoms with Gasteiger partial charge in [-0.1, -0.05) is 0 Å². The number of anilines is 1. The van der Waals surface area contributed by atoms with Crippen LogP contribution in [0.3, 0.4) is 0 Å². The van der Waals surface area contributed by atoms with E-state index in [2.05, 4.69) is 27.6 Å². The minimum atomic E-state index is -0.533. The minimum Gasteiger partial charge on any atom is -0.391 e. The number of nitrogens with zero attached hydrogens (tertiary/aromatic N) is 4. The highest BCUT2D eigenvalue weighted by Gasteiger charge is 2.37. The molecule has 1 aliphatic heterocycles. The predicted molar refractivity (Wildman–Crippen MR) is 72.7 cm³/mol. The molecule has 19 heavy (non-hydrogen) atoms. The van der Waals surface area contributed by atoms with Crippen molar-refractivity contribution in [3.63, 3.8) is 0 Å². The van der Waals surface area contributed by atoms with Gasteiger partial charge in [0.25, 0.3) is 0 Å². The molecule has 0 saturated carbocycles. The number of aliphatic hydroxyl groups is 1. The largest absolute Gasteiger partial charge is 0.391 e. The molecule has 102 valence electrons. The van der Waals surface area contributed by atoms with Gasteiger partial charge >= 0.3 is 0 Å². The van der Waals surface area contributed by atoms with Crippen molar-refractivity contribution in [1.29, 1.82) is 0 Å². The summed E-state index contributed by atoms with van der Waals surface area (Å²) in [4.78, 5) is 12.3. The first-order chi connectivity index (χ1) is 9.08. The molecule has 8 heteroatoms. The highest BCUT2D eigenvalue weighted by atomic mass is 32.1. The smallest absolute Gasteiger partial charge is 0.167 e. The van der Waals surface area contributed by atoms with Crippen molar-refractivity contribution in [2.45, 2.75) is 37.0 Å². The van der Waals surface area contributed by atoms with Crippen molar-refractivity contribution in [2.75, 3.05) is 5.73 Å². The molecule has 1 fully saturated rings. The summed E-state index contributed by atoms with van der Waals surface area (Å²) in [7, 11) is 0. The molecular weight excluding hydrogens is 266 g/mol. The number of hydrogen-bond acceptors (Lipinski definition) is 7. The molecular formula is C11H15N5O2S. The maximum Gasteiger partial charge on any atom is 0.167 e. The predicted octanol–water partition coefficient (Wildman–Crippen LogP) is 0.375. The van der Waals surface area contributed by atoms with Crippen LogP contribution in [0.5, 0.6) is 0 Å². The van der Waals surface area contributed by atoms with Crippen LogP contribution in [0.1, 0.15) is 19.6 Å². The van der Waals surface area contributed by atoms with E-state index >= 15 is 0 Å². The average molecular weight is 281 g/mol. The Morgan fingerprint density at radius 1 is 1.53 bits per heavy atom. The van der Waals surface area contributed by atoms with Crippen molar-refractivity contribution in [3.05, 3.63) is 12.7 Å². The number of hydrogen-bond donors (Lipinski definition) is 3. The van der Waals surface area contributed by atoms with Gasteiger partial charge in [0.1, 0.15) is 18.1 Å². The SMILES string of the molecule is CC(O)[C@@H]1C[C@@H](S)[C@H](n2cnc3c(N)ncnc32)O1. The molecule has 0 amide bonds. The van der Waals surface area contributed by atoms with Crippen molar-refractivity contribution in [2.24, 2.45) is 0 Å². The number of fused-ring (bicyclic) bond motifs is 1. The van der Waals surface area contributed by atoms with Gasteiger partial charge in [0.05, 0.1) is 18.5 Å². The number of imidazole rings is 1. The van der Waals surface area contributed by atoms with Gasteiger partial charge in [0.2, 0.25) is 0 Å². The van der Waals surface area contributed by atoms with Crippen LogP contribution in [-0.4, -0.2) is 42.1 Å². The molecule has 3 N–H and O–H groups in total. The molecule has 0 spiro atoms. The summed E-state index contributed by atoms with van der Waals surface area (Å²) in [6, 6.07) is 0. The third-order valence-electron chi connectivity index (χ3n) is 3.32. The van der Waals surface area contributed by atoms with Gasteiger partial charge in [-0.3, -0.25) is 4.57 Å². The second-order valence-corrected chi connectivity index (χ2v) is 5.36. The van der Waals surface area contributed by atoms with Gasteiger partial charge in [-0.25, -0.2) is 15.0 Å². The van der Waals surface area contributed by atoms with E-state index in [0.29, 0.717) is 23.4 Å². The number of rotatable bonds is 2. The molecule has 3 heterocycles. The van der Waals surface area contributed by atoms with Crippen LogP contribution in [0, 0.1) is 0 Å². The quantitative estimate of drug-likeness (QED) is 0.688. The Bertz CT molecular complexity index is 602. The summed E-state index contributed by atoms with van der Waals surface area (Å²) >= 11 is 4.52. The van der Waals surface area contributed by atoms with E-state index in [0.717, 1.165) is 0 Å². The normalized spacial score (nSPS) is 28.9. The lowest BCUT2D eigenvalue weighted by molar-refractivity contribution is -0.0507. The summed E-state index contributed by atoms with van der Waals surface area (Å²) in [6.45, 7) is 1.71. The third-order valence-corrected chi connectivity index (χ3v) is 3.78. The van der Waals surface area contributed by atoms with Crippen molar-refractivity contribution >= 4 is 29.6 Å². The molecule has 1 aliphatic rings. The maximum absolute atomic E-state index is 9.61. The number of nitrogens with two attached hydrogens (primary N) is 1. The molecule has 1 unspecified atom stereocenters. The highest BCUT2D eigenvalue weighted by molar-refractivity contribution is 7.81. The molecule has 2 aromatic heterocycles. The second-order valence-electron chi connectivity index (χ2n) is 4.69. The van der Waals surface area contributed by atoms with Gasteiger partial charge in [0.15, 0.2) is 11.5 Å². The third kappa shape index (κ3) is 2.05. The first-order valence-corrected chi connectivity index (χ1v) is 6.54. The van der Waals surface area contributed by atoms with Crippen LogP contribution in [0.4, 0.5) is 5.82 Å². The van der Waals surface area contributed by atoms with Gasteiger partial charge < -0.3 is 15.6 Å². The Balaban J connectivity index is 1.99. The Morgan fingerprint density at radius 3 is 3.00 bits per heavy atom. The number of aromatic nitrogens is 4. The lowest BCUT2D eigenvalue weighted by Gasteiger charge is -2.18. The summed E-state index contributed by atoms with van der Waals surface area (Å²) < 4.78 is 7.61. The Morgan fingerprint density at radius 2 is 2.32 bits per heavy atom. The van der Waals surface area contributed by atoms with Gasteiger partial charge in [-0.2, -0.15) is 12.6 Å². The average Bonchev–Trinajstić information content (AvgIpc) is 2.93. The molecule has 0 aromatic carbocycles. The Hall–Kier alpha value is -1.38. The number of aliphatic hydroxyl groups excluding tert-OH is 1. The van der Waals surface area contributed by atoms with E-state index in [-0.39, 0.29) is 17.6 Å². The Kier molecular flexibility index (Phi) is 3.08. The summed E-state index contributed by atoms with van der Waals surface area (Å²) in [5, 5.41) is 9.58. The first kappa shape index (κ1) is 12.6. The molecule has 0 aliphatic carbocycles.